The summed E-state index contributed by atoms with van der Waals surface area (Å²) in [5.74, 6) is 0.0290. The second kappa shape index (κ2) is 5.26. The highest BCUT2D eigenvalue weighted by molar-refractivity contribution is 5.88. The molecule has 2 aliphatic rings. The molecule has 1 saturated heterocycles. The molecule has 2 N–H and O–H groups in total. The Balaban J connectivity index is 1.84. The van der Waals surface area contributed by atoms with Gasteiger partial charge in [-0.1, -0.05) is 0 Å². The van der Waals surface area contributed by atoms with Crippen molar-refractivity contribution in [1.29, 1.82) is 0 Å². The van der Waals surface area contributed by atoms with Crippen molar-refractivity contribution in [1.82, 2.24) is 15.5 Å². The fourth-order valence-corrected chi connectivity index (χ4v) is 2.49. The number of hydrogen-bond acceptors (Lipinski definition) is 3. The number of likely N-dealkylation sites (N-methyl/N-ethyl adjacent to an activating group) is 1. The van der Waals surface area contributed by atoms with Gasteiger partial charge in [0.2, 0.25) is 11.8 Å². The zero-order chi connectivity index (χ0) is 13.2. The van der Waals surface area contributed by atoms with Crippen molar-refractivity contribution in [2.75, 3.05) is 26.7 Å². The molecule has 1 unspecified atom stereocenters. The van der Waals surface area contributed by atoms with Crippen LogP contribution in [-0.4, -0.2) is 49.4 Å². The first kappa shape index (κ1) is 13.3. The molecule has 1 saturated carbocycles. The van der Waals surface area contributed by atoms with Gasteiger partial charge >= 0.3 is 0 Å². The number of rotatable bonds is 4. The summed E-state index contributed by atoms with van der Waals surface area (Å²) in [4.78, 5) is 25.6. The van der Waals surface area contributed by atoms with Crippen LogP contribution in [0.4, 0.5) is 0 Å². The molecular weight excluding hydrogens is 230 g/mol. The fraction of sp³-hybridized carbons (Fsp3) is 0.846. The number of hydrogen-bond donors (Lipinski definition) is 2. The van der Waals surface area contributed by atoms with Crippen molar-refractivity contribution in [2.24, 2.45) is 5.41 Å². The molecule has 1 heterocycles. The number of nitrogens with one attached hydrogen (secondary N) is 2. The molecule has 102 valence electrons. The summed E-state index contributed by atoms with van der Waals surface area (Å²) in [5.41, 5.74) is -0.354. The average molecular weight is 253 g/mol. The highest BCUT2D eigenvalue weighted by atomic mass is 16.2. The zero-order valence-corrected chi connectivity index (χ0v) is 11.3. The molecule has 0 aromatic heterocycles. The molecule has 1 aliphatic heterocycles. The van der Waals surface area contributed by atoms with E-state index in [2.05, 4.69) is 10.6 Å². The van der Waals surface area contributed by atoms with E-state index in [0.717, 1.165) is 32.2 Å². The van der Waals surface area contributed by atoms with Gasteiger partial charge in [-0.05, 0) is 39.2 Å². The molecule has 0 radical (unpaired) electrons. The Morgan fingerprint density at radius 2 is 2.17 bits per heavy atom. The second-order valence-corrected chi connectivity index (χ2v) is 5.84. The highest BCUT2D eigenvalue weighted by Gasteiger charge is 2.37. The molecule has 1 aliphatic carbocycles. The van der Waals surface area contributed by atoms with Crippen LogP contribution in [0.3, 0.4) is 0 Å². The van der Waals surface area contributed by atoms with E-state index >= 15 is 0 Å². The molecule has 1 atom stereocenters. The van der Waals surface area contributed by atoms with E-state index in [-0.39, 0.29) is 23.8 Å². The maximum absolute atomic E-state index is 12.4. The lowest BCUT2D eigenvalue weighted by molar-refractivity contribution is -0.143. The molecule has 0 aromatic rings. The van der Waals surface area contributed by atoms with Crippen molar-refractivity contribution in [3.63, 3.8) is 0 Å². The lowest BCUT2D eigenvalue weighted by Gasteiger charge is -2.35. The van der Waals surface area contributed by atoms with Crippen molar-refractivity contribution < 1.29 is 9.59 Å². The number of carbonyl (C=O) groups is 2. The smallest absolute Gasteiger partial charge is 0.239 e. The van der Waals surface area contributed by atoms with Gasteiger partial charge in [0, 0.05) is 19.6 Å². The summed E-state index contributed by atoms with van der Waals surface area (Å²) in [7, 11) is 1.72. The van der Waals surface area contributed by atoms with Crippen molar-refractivity contribution in [2.45, 2.75) is 38.6 Å². The first-order valence-corrected chi connectivity index (χ1v) is 6.77. The summed E-state index contributed by atoms with van der Waals surface area (Å²) in [5, 5.41) is 6.17. The molecule has 2 amide bonds. The van der Waals surface area contributed by atoms with E-state index in [1.165, 1.54) is 0 Å². The minimum absolute atomic E-state index is 0.0410. The summed E-state index contributed by atoms with van der Waals surface area (Å²) in [6.45, 7) is 3.84. The maximum Gasteiger partial charge on any atom is 0.239 e. The van der Waals surface area contributed by atoms with Crippen LogP contribution in [-0.2, 0) is 9.59 Å². The molecule has 2 rings (SSSR count). The quantitative estimate of drug-likeness (QED) is 0.748. The fourth-order valence-electron chi connectivity index (χ4n) is 2.49. The van der Waals surface area contributed by atoms with Crippen LogP contribution >= 0.6 is 0 Å². The molecule has 0 aromatic carbocycles. The van der Waals surface area contributed by atoms with Crippen molar-refractivity contribution in [3.8, 4) is 0 Å². The topological polar surface area (TPSA) is 61.4 Å². The van der Waals surface area contributed by atoms with Crippen LogP contribution in [0.15, 0.2) is 0 Å². The van der Waals surface area contributed by atoms with Gasteiger partial charge in [-0.15, -0.1) is 0 Å². The number of piperidine rings is 1. The monoisotopic (exact) mass is 253 g/mol. The number of nitrogens with zero attached hydrogens (tertiary/aromatic N) is 1. The van der Waals surface area contributed by atoms with Gasteiger partial charge in [-0.25, -0.2) is 0 Å². The third-order valence-electron chi connectivity index (χ3n) is 3.78. The van der Waals surface area contributed by atoms with Crippen LogP contribution in [0.2, 0.25) is 0 Å². The van der Waals surface area contributed by atoms with Gasteiger partial charge in [0.05, 0.1) is 12.0 Å². The summed E-state index contributed by atoms with van der Waals surface area (Å²) in [6, 6.07) is 0.355. The van der Waals surface area contributed by atoms with E-state index < -0.39 is 0 Å². The number of amides is 2. The van der Waals surface area contributed by atoms with Crippen molar-refractivity contribution >= 4 is 11.8 Å². The van der Waals surface area contributed by atoms with E-state index in [0.29, 0.717) is 12.6 Å². The normalized spacial score (nSPS) is 27.7. The van der Waals surface area contributed by atoms with Crippen LogP contribution < -0.4 is 10.6 Å². The Bertz CT molecular complexity index is 333. The molecule has 18 heavy (non-hydrogen) atoms. The summed E-state index contributed by atoms with van der Waals surface area (Å²) in [6.07, 6.45) is 4.06. The van der Waals surface area contributed by atoms with Crippen LogP contribution in [0.5, 0.6) is 0 Å². The van der Waals surface area contributed by atoms with Crippen LogP contribution in [0.25, 0.3) is 0 Å². The Kier molecular flexibility index (Phi) is 3.90. The van der Waals surface area contributed by atoms with Crippen LogP contribution in [0, 0.1) is 5.41 Å². The van der Waals surface area contributed by atoms with Gasteiger partial charge in [0.25, 0.3) is 0 Å². The molecule has 2 fully saturated rings. The summed E-state index contributed by atoms with van der Waals surface area (Å²) < 4.78 is 0. The highest BCUT2D eigenvalue weighted by Crippen LogP contribution is 2.27. The van der Waals surface area contributed by atoms with E-state index in [9.17, 15) is 9.59 Å². The van der Waals surface area contributed by atoms with Gasteiger partial charge in [-0.3, -0.25) is 9.59 Å². The van der Waals surface area contributed by atoms with Crippen molar-refractivity contribution in [3.05, 3.63) is 0 Å². The average Bonchev–Trinajstić information content (AvgIpc) is 3.12. The first-order valence-electron chi connectivity index (χ1n) is 6.77. The Hall–Kier alpha value is -1.10. The van der Waals surface area contributed by atoms with Gasteiger partial charge in [-0.2, -0.15) is 0 Å². The SMILES string of the molecule is CN(CC(=O)NC1CC1)C(=O)C1(C)CCCNC1. The predicted molar refractivity (Wildman–Crippen MR) is 69.0 cm³/mol. The lowest BCUT2D eigenvalue weighted by atomic mass is 9.81. The Labute approximate surface area is 108 Å². The third-order valence-corrected chi connectivity index (χ3v) is 3.78. The van der Waals surface area contributed by atoms with E-state index in [4.69, 9.17) is 0 Å². The molecule has 5 heteroatoms. The van der Waals surface area contributed by atoms with E-state index in [1.807, 2.05) is 6.92 Å². The van der Waals surface area contributed by atoms with Gasteiger partial charge < -0.3 is 15.5 Å². The molecular formula is C13H23N3O2. The number of carbonyl (C=O) groups excluding carboxylic acids is 2. The summed E-state index contributed by atoms with van der Waals surface area (Å²) >= 11 is 0. The molecule has 5 nitrogen and oxygen atoms in total. The third kappa shape index (κ3) is 3.22. The zero-order valence-electron chi connectivity index (χ0n) is 11.3. The Morgan fingerprint density at radius 3 is 2.72 bits per heavy atom. The minimum Gasteiger partial charge on any atom is -0.352 e. The largest absolute Gasteiger partial charge is 0.352 e. The Morgan fingerprint density at radius 1 is 1.44 bits per heavy atom. The standard InChI is InChI=1S/C13H23N3O2/c1-13(6-3-7-14-9-13)12(18)16(2)8-11(17)15-10-4-5-10/h10,14H,3-9H2,1-2H3,(H,15,17). The van der Waals surface area contributed by atoms with Gasteiger partial charge in [0.15, 0.2) is 0 Å². The molecule has 0 spiro atoms. The van der Waals surface area contributed by atoms with Crippen LogP contribution in [0.1, 0.15) is 32.6 Å². The van der Waals surface area contributed by atoms with Gasteiger partial charge in [0.1, 0.15) is 0 Å². The maximum atomic E-state index is 12.4. The lowest BCUT2D eigenvalue weighted by Crippen LogP contribution is -2.51. The first-order chi connectivity index (χ1) is 8.51. The minimum atomic E-state index is -0.354. The predicted octanol–water partition coefficient (Wildman–Crippen LogP) is 0.113. The molecule has 0 bridgehead atoms. The second-order valence-electron chi connectivity index (χ2n) is 5.84. The van der Waals surface area contributed by atoms with E-state index in [1.54, 1.807) is 11.9 Å².